The molecule has 2 aromatic carbocycles. The summed E-state index contributed by atoms with van der Waals surface area (Å²) in [6.07, 6.45) is -0.684. The average molecular weight is 429 g/mol. The van der Waals surface area contributed by atoms with Gasteiger partial charge >= 0.3 is 0 Å². The van der Waals surface area contributed by atoms with Crippen molar-refractivity contribution in [2.24, 2.45) is 0 Å². The number of carbonyl (C=O) groups excluding carboxylic acids is 1. The zero-order valence-electron chi connectivity index (χ0n) is 16.0. The van der Waals surface area contributed by atoms with E-state index in [0.29, 0.717) is 11.1 Å². The van der Waals surface area contributed by atoms with E-state index < -0.39 is 28.1 Å². The van der Waals surface area contributed by atoms with Gasteiger partial charge in [-0.05, 0) is 17.2 Å². The first-order valence-corrected chi connectivity index (χ1v) is 10.8. The summed E-state index contributed by atoms with van der Waals surface area (Å²) in [5.41, 5.74) is 1.29. The second-order valence-electron chi connectivity index (χ2n) is 6.66. The molecule has 5 N–H and O–H groups in total. The Morgan fingerprint density at radius 3 is 2.00 bits per heavy atom. The molecule has 3 rings (SSSR count). The number of sulfonamides is 1. The highest BCUT2D eigenvalue weighted by Crippen LogP contribution is 2.15. The molecule has 2 unspecified atom stereocenters. The zero-order chi connectivity index (χ0) is 21.6. The topological polar surface area (TPSA) is 132 Å². The molecule has 0 saturated carbocycles. The largest absolute Gasteiger partial charge is 0.387 e. The third-order valence-corrected chi connectivity index (χ3v) is 5.91. The molecule has 0 saturated heterocycles. The summed E-state index contributed by atoms with van der Waals surface area (Å²) in [6.45, 7) is -0.228. The molecular formula is C21H23N3O5S. The zero-order valence-corrected chi connectivity index (χ0v) is 16.8. The Morgan fingerprint density at radius 2 is 1.43 bits per heavy atom. The van der Waals surface area contributed by atoms with Gasteiger partial charge in [0.1, 0.15) is 10.6 Å². The van der Waals surface area contributed by atoms with Crippen LogP contribution < -0.4 is 10.0 Å². The molecule has 0 aliphatic carbocycles. The van der Waals surface area contributed by atoms with E-state index in [4.69, 9.17) is 0 Å². The van der Waals surface area contributed by atoms with Gasteiger partial charge in [0.2, 0.25) is 10.0 Å². The number of amides is 1. The van der Waals surface area contributed by atoms with Gasteiger partial charge in [-0.15, -0.1) is 0 Å². The predicted octanol–water partition coefficient (Wildman–Crippen LogP) is 1.49. The number of rotatable bonds is 9. The molecule has 1 aromatic heterocycles. The SMILES string of the molecule is O=C(NCC(O)c1ccccc1)c1cc(S(=O)(=O)NCC(O)c2ccccc2)c[nH]1. The van der Waals surface area contributed by atoms with E-state index in [1.54, 1.807) is 54.6 Å². The number of aromatic nitrogens is 1. The van der Waals surface area contributed by atoms with Gasteiger partial charge in [0.25, 0.3) is 5.91 Å². The average Bonchev–Trinajstić information content (AvgIpc) is 3.28. The second-order valence-corrected chi connectivity index (χ2v) is 8.43. The second kappa shape index (κ2) is 9.68. The van der Waals surface area contributed by atoms with Crippen LogP contribution in [0.3, 0.4) is 0 Å². The van der Waals surface area contributed by atoms with E-state index in [0.717, 1.165) is 0 Å². The van der Waals surface area contributed by atoms with Gasteiger partial charge in [0, 0.05) is 19.3 Å². The lowest BCUT2D eigenvalue weighted by atomic mass is 10.1. The van der Waals surface area contributed by atoms with Crippen LogP contribution in [0.4, 0.5) is 0 Å². The Kier molecular flexibility index (Phi) is 7.01. The maximum absolute atomic E-state index is 12.4. The van der Waals surface area contributed by atoms with Crippen molar-refractivity contribution in [2.75, 3.05) is 13.1 Å². The molecule has 30 heavy (non-hydrogen) atoms. The highest BCUT2D eigenvalue weighted by molar-refractivity contribution is 7.89. The molecule has 0 spiro atoms. The van der Waals surface area contributed by atoms with Gasteiger partial charge in [-0.2, -0.15) is 0 Å². The predicted molar refractivity (Wildman–Crippen MR) is 111 cm³/mol. The standard InChI is InChI=1S/C21H23N3O5S/c25-19(15-7-3-1-4-8-15)13-23-21(27)18-11-17(12-22-18)30(28,29)24-14-20(26)16-9-5-2-6-10-16/h1-12,19-20,22,24-26H,13-14H2,(H,23,27). The summed E-state index contributed by atoms with van der Waals surface area (Å²) in [5, 5.41) is 22.8. The van der Waals surface area contributed by atoms with Crippen LogP contribution in [-0.2, 0) is 10.0 Å². The molecule has 0 aliphatic heterocycles. The summed E-state index contributed by atoms with van der Waals surface area (Å²) < 4.78 is 27.2. The highest BCUT2D eigenvalue weighted by Gasteiger charge is 2.20. The Labute approximate surface area is 174 Å². The number of benzene rings is 2. The Morgan fingerprint density at radius 1 is 0.900 bits per heavy atom. The van der Waals surface area contributed by atoms with Crippen molar-refractivity contribution in [3.63, 3.8) is 0 Å². The number of H-pyrrole nitrogens is 1. The maximum atomic E-state index is 12.4. The lowest BCUT2D eigenvalue weighted by Crippen LogP contribution is -2.29. The van der Waals surface area contributed by atoms with E-state index in [1.165, 1.54) is 12.3 Å². The first kappa shape index (κ1) is 21.7. The normalized spacial score (nSPS) is 13.5. The van der Waals surface area contributed by atoms with Crippen molar-refractivity contribution in [1.82, 2.24) is 15.0 Å². The van der Waals surface area contributed by atoms with E-state index >= 15 is 0 Å². The minimum atomic E-state index is -3.92. The van der Waals surface area contributed by atoms with Crippen LogP contribution >= 0.6 is 0 Å². The van der Waals surface area contributed by atoms with Crippen molar-refractivity contribution in [3.05, 3.63) is 89.7 Å². The van der Waals surface area contributed by atoms with E-state index in [-0.39, 0.29) is 23.7 Å². The lowest BCUT2D eigenvalue weighted by molar-refractivity contribution is 0.0912. The third-order valence-electron chi connectivity index (χ3n) is 4.50. The van der Waals surface area contributed by atoms with E-state index in [9.17, 15) is 23.4 Å². The maximum Gasteiger partial charge on any atom is 0.267 e. The van der Waals surface area contributed by atoms with Crippen molar-refractivity contribution in [2.45, 2.75) is 17.1 Å². The molecule has 2 atom stereocenters. The third kappa shape index (κ3) is 5.55. The van der Waals surface area contributed by atoms with Crippen LogP contribution in [0, 0.1) is 0 Å². The number of hydrogen-bond acceptors (Lipinski definition) is 5. The molecule has 0 radical (unpaired) electrons. The monoisotopic (exact) mass is 429 g/mol. The smallest absolute Gasteiger partial charge is 0.267 e. The number of aliphatic hydroxyl groups is 2. The summed E-state index contributed by atoms with van der Waals surface area (Å²) in [7, 11) is -3.92. The minimum absolute atomic E-state index is 0.0224. The van der Waals surface area contributed by atoms with Crippen molar-refractivity contribution in [3.8, 4) is 0 Å². The minimum Gasteiger partial charge on any atom is -0.387 e. The quantitative estimate of drug-likeness (QED) is 0.352. The van der Waals surface area contributed by atoms with Gasteiger partial charge in [-0.25, -0.2) is 13.1 Å². The molecule has 0 aliphatic rings. The lowest BCUT2D eigenvalue weighted by Gasteiger charge is -2.12. The van der Waals surface area contributed by atoms with Crippen LogP contribution in [0.25, 0.3) is 0 Å². The number of aromatic amines is 1. The van der Waals surface area contributed by atoms with Crippen molar-refractivity contribution < 1.29 is 23.4 Å². The summed E-state index contributed by atoms with van der Waals surface area (Å²) in [6, 6.07) is 18.8. The summed E-state index contributed by atoms with van der Waals surface area (Å²) in [4.78, 5) is 14.8. The Hall–Kier alpha value is -2.98. The molecule has 0 bridgehead atoms. The first-order valence-electron chi connectivity index (χ1n) is 9.29. The van der Waals surface area contributed by atoms with Crippen molar-refractivity contribution in [1.29, 1.82) is 0 Å². The van der Waals surface area contributed by atoms with Gasteiger partial charge in [0.05, 0.1) is 12.2 Å². The molecule has 9 heteroatoms. The van der Waals surface area contributed by atoms with Gasteiger partial charge in [0.15, 0.2) is 0 Å². The molecule has 1 heterocycles. The fourth-order valence-electron chi connectivity index (χ4n) is 2.80. The van der Waals surface area contributed by atoms with Crippen LogP contribution in [-0.4, -0.2) is 42.6 Å². The van der Waals surface area contributed by atoms with Crippen LogP contribution in [0.15, 0.2) is 77.8 Å². The molecule has 3 aromatic rings. The molecule has 0 fully saturated rings. The first-order chi connectivity index (χ1) is 14.4. The summed E-state index contributed by atoms with van der Waals surface area (Å²) in [5.74, 6) is -0.546. The van der Waals surface area contributed by atoms with Crippen LogP contribution in [0.2, 0.25) is 0 Å². The van der Waals surface area contributed by atoms with Gasteiger partial charge in [-0.1, -0.05) is 60.7 Å². The fraction of sp³-hybridized carbons (Fsp3) is 0.190. The Bertz CT molecular complexity index is 1070. The fourth-order valence-corrected chi connectivity index (χ4v) is 3.83. The Balaban J connectivity index is 1.57. The number of aliphatic hydroxyl groups excluding tert-OH is 2. The summed E-state index contributed by atoms with van der Waals surface area (Å²) >= 11 is 0. The van der Waals surface area contributed by atoms with E-state index in [1.807, 2.05) is 6.07 Å². The van der Waals surface area contributed by atoms with Crippen molar-refractivity contribution >= 4 is 15.9 Å². The number of nitrogens with one attached hydrogen (secondary N) is 3. The molecule has 158 valence electrons. The van der Waals surface area contributed by atoms with E-state index in [2.05, 4.69) is 15.0 Å². The molecular weight excluding hydrogens is 406 g/mol. The van der Waals surface area contributed by atoms with Gasteiger partial charge < -0.3 is 20.5 Å². The molecule has 8 nitrogen and oxygen atoms in total. The number of carbonyl (C=O) groups is 1. The highest BCUT2D eigenvalue weighted by atomic mass is 32.2. The van der Waals surface area contributed by atoms with Gasteiger partial charge in [-0.3, -0.25) is 4.79 Å². The number of hydrogen-bond donors (Lipinski definition) is 5. The van der Waals surface area contributed by atoms with Crippen LogP contribution in [0.1, 0.15) is 33.8 Å². The molecule has 1 amide bonds. The van der Waals surface area contributed by atoms with Crippen LogP contribution in [0.5, 0.6) is 0 Å².